The fourth-order valence-corrected chi connectivity index (χ4v) is 6.14. The van der Waals surface area contributed by atoms with E-state index in [0.717, 1.165) is 52.4 Å². The minimum absolute atomic E-state index is 0.253. The van der Waals surface area contributed by atoms with E-state index in [2.05, 4.69) is 25.7 Å². The molecule has 3 aromatic heterocycles. The molecule has 0 atom stereocenters. The summed E-state index contributed by atoms with van der Waals surface area (Å²) in [7, 11) is -2.04. The molecule has 0 saturated heterocycles. The third-order valence-corrected chi connectivity index (χ3v) is 8.21. The molecule has 0 spiro atoms. The number of anilines is 1. The van der Waals surface area contributed by atoms with E-state index in [1.807, 2.05) is 30.3 Å². The zero-order chi connectivity index (χ0) is 23.5. The zero-order valence-corrected chi connectivity index (χ0v) is 19.8. The van der Waals surface area contributed by atoms with Gasteiger partial charge in [-0.15, -0.1) is 0 Å². The van der Waals surface area contributed by atoms with E-state index in [1.165, 1.54) is 7.11 Å². The molecule has 0 radical (unpaired) electrons. The first-order valence-corrected chi connectivity index (χ1v) is 12.9. The Bertz CT molecular complexity index is 1420. The van der Waals surface area contributed by atoms with Gasteiger partial charge in [-0.3, -0.25) is 14.7 Å². The molecule has 0 amide bonds. The Labute approximate surface area is 199 Å². The number of methoxy groups -OCH3 is 1. The van der Waals surface area contributed by atoms with Crippen LogP contribution in [0.4, 0.5) is 5.69 Å². The van der Waals surface area contributed by atoms with Gasteiger partial charge >= 0.3 is 0 Å². The van der Waals surface area contributed by atoms with Crippen LogP contribution in [0.15, 0.2) is 67.3 Å². The molecule has 1 saturated carbocycles. The minimum Gasteiger partial charge on any atom is -0.480 e. The summed E-state index contributed by atoms with van der Waals surface area (Å²) in [6.07, 6.45) is 11.3. The highest BCUT2D eigenvalue weighted by molar-refractivity contribution is 7.93. The monoisotopic (exact) mass is 474 g/mol. The lowest BCUT2D eigenvalue weighted by atomic mass is 9.98. The van der Waals surface area contributed by atoms with Gasteiger partial charge in [-0.05, 0) is 65.9 Å². The predicted molar refractivity (Wildman–Crippen MR) is 134 cm³/mol. The van der Waals surface area contributed by atoms with Gasteiger partial charge in [-0.1, -0.05) is 25.3 Å². The lowest BCUT2D eigenvalue weighted by Gasteiger charge is -2.23. The normalized spacial score (nSPS) is 14.7. The van der Waals surface area contributed by atoms with Gasteiger partial charge in [0.15, 0.2) is 0 Å². The van der Waals surface area contributed by atoms with Crippen molar-refractivity contribution in [3.05, 3.63) is 67.3 Å². The van der Waals surface area contributed by atoms with Gasteiger partial charge in [-0.2, -0.15) is 0 Å². The van der Waals surface area contributed by atoms with Crippen LogP contribution < -0.4 is 9.46 Å². The van der Waals surface area contributed by atoms with E-state index in [1.54, 1.807) is 30.9 Å². The predicted octanol–water partition coefficient (Wildman–Crippen LogP) is 5.44. The lowest BCUT2D eigenvalue weighted by molar-refractivity contribution is 0.400. The van der Waals surface area contributed by atoms with Crippen LogP contribution in [0.1, 0.15) is 32.1 Å². The Kier molecular flexibility index (Phi) is 6.15. The Hall–Kier alpha value is -3.52. The average molecular weight is 475 g/mol. The number of nitrogens with zero attached hydrogens (tertiary/aromatic N) is 3. The van der Waals surface area contributed by atoms with Crippen molar-refractivity contribution in [3.63, 3.8) is 0 Å². The van der Waals surface area contributed by atoms with E-state index in [-0.39, 0.29) is 11.1 Å². The zero-order valence-electron chi connectivity index (χ0n) is 18.9. The number of benzene rings is 1. The number of ether oxygens (including phenoxy) is 1. The molecule has 3 heterocycles. The number of pyridine rings is 3. The molecule has 8 heteroatoms. The molecular weight excluding hydrogens is 448 g/mol. The molecule has 1 aliphatic carbocycles. The highest BCUT2D eigenvalue weighted by Gasteiger charge is 2.28. The number of nitrogens with one attached hydrogen (secondary N) is 1. The molecule has 0 aliphatic heterocycles. The second-order valence-electron chi connectivity index (χ2n) is 8.51. The Morgan fingerprint density at radius 2 is 1.68 bits per heavy atom. The summed E-state index contributed by atoms with van der Waals surface area (Å²) in [6, 6.07) is 13.7. The van der Waals surface area contributed by atoms with Crippen LogP contribution in [0.3, 0.4) is 0 Å². The molecular formula is C26H26N4O3S. The molecule has 4 aromatic rings. The van der Waals surface area contributed by atoms with Gasteiger partial charge in [0, 0.05) is 35.7 Å². The molecule has 174 valence electrons. The third kappa shape index (κ3) is 4.46. The first-order valence-electron chi connectivity index (χ1n) is 11.4. The van der Waals surface area contributed by atoms with Crippen molar-refractivity contribution < 1.29 is 13.2 Å². The van der Waals surface area contributed by atoms with Crippen molar-refractivity contribution in [2.24, 2.45) is 0 Å². The van der Waals surface area contributed by atoms with Gasteiger partial charge in [0.25, 0.3) is 0 Å². The highest BCUT2D eigenvalue weighted by Crippen LogP contribution is 2.34. The van der Waals surface area contributed by atoms with E-state index < -0.39 is 10.0 Å². The lowest BCUT2D eigenvalue weighted by Crippen LogP contribution is -2.29. The molecule has 34 heavy (non-hydrogen) atoms. The van der Waals surface area contributed by atoms with E-state index in [9.17, 15) is 8.42 Å². The van der Waals surface area contributed by atoms with Crippen LogP contribution in [0.25, 0.3) is 33.2 Å². The van der Waals surface area contributed by atoms with Gasteiger partial charge in [0.05, 0.1) is 17.9 Å². The van der Waals surface area contributed by atoms with Crippen molar-refractivity contribution in [1.29, 1.82) is 0 Å². The van der Waals surface area contributed by atoms with Crippen molar-refractivity contribution >= 4 is 26.6 Å². The molecule has 1 aliphatic rings. The molecule has 7 nitrogen and oxygen atoms in total. The number of hydrogen-bond acceptors (Lipinski definition) is 6. The van der Waals surface area contributed by atoms with Crippen molar-refractivity contribution in [1.82, 2.24) is 15.0 Å². The Morgan fingerprint density at radius 3 is 2.44 bits per heavy atom. The molecule has 0 bridgehead atoms. The first-order chi connectivity index (χ1) is 16.5. The molecule has 0 unspecified atom stereocenters. The number of fused-ring (bicyclic) bond motifs is 1. The summed E-state index contributed by atoms with van der Waals surface area (Å²) in [5.74, 6) is 0.253. The molecule has 1 fully saturated rings. The maximum absolute atomic E-state index is 13.0. The van der Waals surface area contributed by atoms with Gasteiger partial charge in [0.2, 0.25) is 15.9 Å². The topological polar surface area (TPSA) is 94.1 Å². The summed E-state index contributed by atoms with van der Waals surface area (Å²) < 4.78 is 34.2. The van der Waals surface area contributed by atoms with E-state index >= 15 is 0 Å². The molecule has 1 aromatic carbocycles. The quantitative estimate of drug-likeness (QED) is 0.400. The van der Waals surface area contributed by atoms with Crippen molar-refractivity contribution in [2.45, 2.75) is 37.4 Å². The first kappa shape index (κ1) is 22.3. The number of sulfonamides is 1. The van der Waals surface area contributed by atoms with Gasteiger partial charge < -0.3 is 4.74 Å². The summed E-state index contributed by atoms with van der Waals surface area (Å²) >= 11 is 0. The molecule has 1 N–H and O–H groups in total. The van der Waals surface area contributed by atoms with Crippen molar-refractivity contribution in [2.75, 3.05) is 11.8 Å². The van der Waals surface area contributed by atoms with Crippen LogP contribution in [0, 0.1) is 0 Å². The standard InChI is InChI=1S/C26H26N4O3S/c1-33-26-25(30-34(31,32)21-5-3-2-4-6-21)16-20(17-29-26)19-7-8-24-23(15-19)22(11-14-28-24)18-9-12-27-13-10-18/h7-17,21,30H,2-6H2,1H3. The number of aromatic nitrogens is 3. The SMILES string of the molecule is COc1ncc(-c2ccc3nccc(-c4ccncc4)c3c2)cc1NS(=O)(=O)C1CCCCC1. The van der Waals surface area contributed by atoms with Crippen molar-refractivity contribution in [3.8, 4) is 28.1 Å². The maximum Gasteiger partial charge on any atom is 0.238 e. The van der Waals surface area contributed by atoms with Crippen LogP contribution in [0.2, 0.25) is 0 Å². The minimum atomic E-state index is -3.53. The van der Waals surface area contributed by atoms with E-state index in [4.69, 9.17) is 4.74 Å². The smallest absolute Gasteiger partial charge is 0.238 e. The highest BCUT2D eigenvalue weighted by atomic mass is 32.2. The van der Waals surface area contributed by atoms with E-state index in [0.29, 0.717) is 18.5 Å². The third-order valence-electron chi connectivity index (χ3n) is 6.35. The van der Waals surface area contributed by atoms with Crippen LogP contribution in [-0.2, 0) is 10.0 Å². The Balaban J connectivity index is 1.54. The van der Waals surface area contributed by atoms with Gasteiger partial charge in [0.1, 0.15) is 5.69 Å². The van der Waals surface area contributed by atoms with Crippen LogP contribution >= 0.6 is 0 Å². The summed E-state index contributed by atoms with van der Waals surface area (Å²) in [4.78, 5) is 13.0. The van der Waals surface area contributed by atoms with Gasteiger partial charge in [-0.25, -0.2) is 13.4 Å². The Morgan fingerprint density at radius 1 is 0.882 bits per heavy atom. The summed E-state index contributed by atoms with van der Waals surface area (Å²) in [6.45, 7) is 0. The fourth-order valence-electron chi connectivity index (χ4n) is 4.57. The summed E-state index contributed by atoms with van der Waals surface area (Å²) in [5, 5.41) is 0.607. The summed E-state index contributed by atoms with van der Waals surface area (Å²) in [5.41, 5.74) is 5.02. The number of rotatable bonds is 6. The molecule has 5 rings (SSSR count). The van der Waals surface area contributed by atoms with Crippen LogP contribution in [0.5, 0.6) is 5.88 Å². The maximum atomic E-state index is 13.0. The van der Waals surface area contributed by atoms with Crippen LogP contribution in [-0.4, -0.2) is 35.7 Å². The largest absolute Gasteiger partial charge is 0.480 e. The average Bonchev–Trinajstić information content (AvgIpc) is 2.89. The number of hydrogen-bond donors (Lipinski definition) is 1. The second kappa shape index (κ2) is 9.38. The second-order valence-corrected chi connectivity index (χ2v) is 10.5. The fraction of sp³-hybridized carbons (Fsp3) is 0.269.